The van der Waals surface area contributed by atoms with Crippen molar-refractivity contribution >= 4 is 22.6 Å². The van der Waals surface area contributed by atoms with E-state index in [-0.39, 0.29) is 0 Å². The molecule has 0 saturated heterocycles. The molecule has 1 N–H and O–H groups in total. The Morgan fingerprint density at radius 2 is 1.86 bits per heavy atom. The van der Waals surface area contributed by atoms with Crippen LogP contribution in [0.5, 0.6) is 0 Å². The average molecular weight is 303 g/mol. The monoisotopic (exact) mass is 303 g/mol. The lowest BCUT2D eigenvalue weighted by atomic mass is 9.93. The van der Waals surface area contributed by atoms with E-state index < -0.39 is 0 Å². The van der Waals surface area contributed by atoms with Crippen LogP contribution in [0.4, 0.5) is 0 Å². The van der Waals surface area contributed by atoms with E-state index in [9.17, 15) is 0 Å². The number of nitrogens with one attached hydrogen (secondary N) is 1. The van der Waals surface area contributed by atoms with Crippen molar-refractivity contribution in [2.75, 3.05) is 7.05 Å². The van der Waals surface area contributed by atoms with E-state index in [4.69, 9.17) is 0 Å². The Balaban J connectivity index is 2.84. The molecule has 0 bridgehead atoms. The molecule has 14 heavy (non-hydrogen) atoms. The van der Waals surface area contributed by atoms with E-state index in [1.165, 1.54) is 15.6 Å². The zero-order chi connectivity index (χ0) is 10.6. The van der Waals surface area contributed by atoms with E-state index in [0.29, 0.717) is 12.0 Å². The minimum Gasteiger partial charge on any atom is -0.313 e. The molecule has 0 aliphatic carbocycles. The molecule has 2 atom stereocenters. The van der Waals surface area contributed by atoms with Crippen molar-refractivity contribution in [2.45, 2.75) is 26.3 Å². The van der Waals surface area contributed by atoms with Gasteiger partial charge in [-0.25, -0.2) is 0 Å². The summed E-state index contributed by atoms with van der Waals surface area (Å²) in [6.45, 7) is 4.53. The lowest BCUT2D eigenvalue weighted by Gasteiger charge is -2.22. The quantitative estimate of drug-likeness (QED) is 0.838. The molecule has 0 saturated carbocycles. The zero-order valence-electron chi connectivity index (χ0n) is 9.05. The molecular weight excluding hydrogens is 285 g/mol. The van der Waals surface area contributed by atoms with Gasteiger partial charge >= 0.3 is 0 Å². The third-order valence-electron chi connectivity index (χ3n) is 2.75. The largest absolute Gasteiger partial charge is 0.313 e. The molecule has 1 nitrogen and oxygen atoms in total. The first kappa shape index (κ1) is 12.0. The second-order valence-corrected chi connectivity index (χ2v) is 4.95. The third kappa shape index (κ3) is 2.95. The summed E-state index contributed by atoms with van der Waals surface area (Å²) in [5, 5.41) is 3.39. The van der Waals surface area contributed by atoms with Crippen molar-refractivity contribution in [2.24, 2.45) is 5.92 Å². The fourth-order valence-corrected chi connectivity index (χ4v) is 2.05. The smallest absolute Gasteiger partial charge is 0.0343 e. The Hall–Kier alpha value is -0.0900. The van der Waals surface area contributed by atoms with Gasteiger partial charge in [0.25, 0.3) is 0 Å². The fraction of sp³-hybridized carbons (Fsp3) is 0.500. The maximum absolute atomic E-state index is 3.39. The number of hydrogen-bond acceptors (Lipinski definition) is 1. The summed E-state index contributed by atoms with van der Waals surface area (Å²) >= 11 is 2.34. The average Bonchev–Trinajstić information content (AvgIpc) is 2.21. The predicted molar refractivity (Wildman–Crippen MR) is 70.4 cm³/mol. The van der Waals surface area contributed by atoms with Gasteiger partial charge in [0.2, 0.25) is 0 Å². The number of halogens is 1. The van der Waals surface area contributed by atoms with Crippen molar-refractivity contribution in [1.29, 1.82) is 0 Å². The lowest BCUT2D eigenvalue weighted by molar-refractivity contribution is 0.400. The van der Waals surface area contributed by atoms with Crippen LogP contribution in [0.15, 0.2) is 24.3 Å². The first-order valence-corrected chi connectivity index (χ1v) is 6.19. The van der Waals surface area contributed by atoms with Crippen molar-refractivity contribution in [3.63, 3.8) is 0 Å². The van der Waals surface area contributed by atoms with Crippen LogP contribution in [0.2, 0.25) is 0 Å². The maximum Gasteiger partial charge on any atom is 0.0343 e. The summed E-state index contributed by atoms with van der Waals surface area (Å²) in [5.41, 5.74) is 1.39. The van der Waals surface area contributed by atoms with Crippen LogP contribution < -0.4 is 5.32 Å². The molecule has 0 heterocycles. The van der Waals surface area contributed by atoms with Crippen LogP contribution in [0.25, 0.3) is 0 Å². The highest BCUT2D eigenvalue weighted by atomic mass is 127. The topological polar surface area (TPSA) is 12.0 Å². The second kappa shape index (κ2) is 5.71. The van der Waals surface area contributed by atoms with Gasteiger partial charge in [-0.2, -0.15) is 0 Å². The molecule has 0 aliphatic rings. The highest BCUT2D eigenvalue weighted by Gasteiger charge is 2.15. The van der Waals surface area contributed by atoms with Crippen LogP contribution in [0.3, 0.4) is 0 Å². The Kier molecular flexibility index (Phi) is 4.89. The Bertz CT molecular complexity index is 268. The first-order chi connectivity index (χ1) is 6.69. The minimum absolute atomic E-state index is 0.483. The zero-order valence-corrected chi connectivity index (χ0v) is 11.2. The first-order valence-electron chi connectivity index (χ1n) is 5.11. The van der Waals surface area contributed by atoms with Gasteiger partial charge in [0, 0.05) is 9.61 Å². The molecular formula is C12H18IN. The molecule has 1 aromatic rings. The van der Waals surface area contributed by atoms with Gasteiger partial charge in [0.15, 0.2) is 0 Å². The van der Waals surface area contributed by atoms with Crippen LogP contribution in [0.1, 0.15) is 31.9 Å². The van der Waals surface area contributed by atoms with Crippen molar-refractivity contribution in [3.8, 4) is 0 Å². The van der Waals surface area contributed by atoms with Crippen molar-refractivity contribution < 1.29 is 0 Å². The van der Waals surface area contributed by atoms with Gasteiger partial charge in [0.1, 0.15) is 0 Å². The van der Waals surface area contributed by atoms with Gasteiger partial charge in [-0.1, -0.05) is 32.4 Å². The number of hydrogen-bond donors (Lipinski definition) is 1. The predicted octanol–water partition coefficient (Wildman–Crippen LogP) is 3.60. The Morgan fingerprint density at radius 1 is 1.29 bits per heavy atom. The molecule has 0 aliphatic heterocycles. The number of rotatable bonds is 4. The standard InChI is InChI=1S/C12H18IN/c1-4-9(2)12(14-3)10-5-7-11(13)8-6-10/h5-9,12,14H,4H2,1-3H3. The van der Waals surface area contributed by atoms with Gasteiger partial charge in [-0.3, -0.25) is 0 Å². The molecule has 0 spiro atoms. The third-order valence-corrected chi connectivity index (χ3v) is 3.47. The molecule has 1 rings (SSSR count). The molecule has 2 heteroatoms. The van der Waals surface area contributed by atoms with E-state index in [0.717, 1.165) is 0 Å². The molecule has 2 unspecified atom stereocenters. The highest BCUT2D eigenvalue weighted by molar-refractivity contribution is 14.1. The maximum atomic E-state index is 3.39. The van der Waals surface area contributed by atoms with Gasteiger partial charge < -0.3 is 5.32 Å². The van der Waals surface area contributed by atoms with Gasteiger partial charge in [0.05, 0.1) is 0 Å². The number of benzene rings is 1. The van der Waals surface area contributed by atoms with Crippen molar-refractivity contribution in [1.82, 2.24) is 5.32 Å². The van der Waals surface area contributed by atoms with E-state index in [2.05, 4.69) is 66.0 Å². The SMILES string of the molecule is CCC(C)C(NC)c1ccc(I)cc1. The molecule has 1 aromatic carbocycles. The van der Waals surface area contributed by atoms with E-state index >= 15 is 0 Å². The lowest BCUT2D eigenvalue weighted by Crippen LogP contribution is -2.22. The normalized spacial score (nSPS) is 15.1. The highest BCUT2D eigenvalue weighted by Crippen LogP contribution is 2.24. The Morgan fingerprint density at radius 3 is 2.29 bits per heavy atom. The van der Waals surface area contributed by atoms with Crippen LogP contribution in [-0.4, -0.2) is 7.05 Å². The Labute approximate surface area is 100 Å². The van der Waals surface area contributed by atoms with Crippen LogP contribution in [-0.2, 0) is 0 Å². The molecule has 0 fully saturated rings. The summed E-state index contributed by atoms with van der Waals surface area (Å²) < 4.78 is 1.30. The molecule has 0 radical (unpaired) electrons. The molecule has 78 valence electrons. The molecule has 0 amide bonds. The fourth-order valence-electron chi connectivity index (χ4n) is 1.69. The summed E-state index contributed by atoms with van der Waals surface area (Å²) in [4.78, 5) is 0. The van der Waals surface area contributed by atoms with Crippen LogP contribution >= 0.6 is 22.6 Å². The summed E-state index contributed by atoms with van der Waals surface area (Å²) in [5.74, 6) is 0.681. The van der Waals surface area contributed by atoms with E-state index in [1.807, 2.05) is 7.05 Å². The van der Waals surface area contributed by atoms with Crippen LogP contribution in [0, 0.1) is 9.49 Å². The second-order valence-electron chi connectivity index (χ2n) is 3.70. The molecule has 0 aromatic heterocycles. The van der Waals surface area contributed by atoms with E-state index in [1.54, 1.807) is 0 Å². The van der Waals surface area contributed by atoms with Crippen molar-refractivity contribution in [3.05, 3.63) is 33.4 Å². The summed E-state index contributed by atoms with van der Waals surface area (Å²) in [6, 6.07) is 9.26. The van der Waals surface area contributed by atoms with Gasteiger partial charge in [-0.05, 0) is 53.3 Å². The summed E-state index contributed by atoms with van der Waals surface area (Å²) in [6.07, 6.45) is 1.21. The summed E-state index contributed by atoms with van der Waals surface area (Å²) in [7, 11) is 2.04. The van der Waals surface area contributed by atoms with Gasteiger partial charge in [-0.15, -0.1) is 0 Å². The minimum atomic E-state index is 0.483.